The van der Waals surface area contributed by atoms with Crippen molar-refractivity contribution < 1.29 is 23.9 Å². The van der Waals surface area contributed by atoms with Gasteiger partial charge in [0.2, 0.25) is 0 Å². The van der Waals surface area contributed by atoms with Gasteiger partial charge in [-0.15, -0.1) is 0 Å². The van der Waals surface area contributed by atoms with E-state index in [1.165, 1.54) is 12.1 Å². The highest BCUT2D eigenvalue weighted by Crippen LogP contribution is 2.27. The van der Waals surface area contributed by atoms with Crippen LogP contribution in [0.2, 0.25) is 0 Å². The Labute approximate surface area is 241 Å². The van der Waals surface area contributed by atoms with Gasteiger partial charge in [-0.2, -0.15) is 0 Å². The molecule has 222 valence electrons. The van der Waals surface area contributed by atoms with Gasteiger partial charge in [0, 0.05) is 55.9 Å². The topological polar surface area (TPSA) is 114 Å². The van der Waals surface area contributed by atoms with Gasteiger partial charge in [0.1, 0.15) is 5.82 Å². The highest BCUT2D eigenvalue weighted by atomic mass is 19.1. The summed E-state index contributed by atoms with van der Waals surface area (Å²) < 4.78 is 14.8. The number of anilines is 1. The number of carbonyl (C=O) groups excluding carboxylic acids is 3. The lowest BCUT2D eigenvalue weighted by molar-refractivity contribution is 0.00754. The summed E-state index contributed by atoms with van der Waals surface area (Å²) in [6.07, 6.45) is 4.19. The molecule has 1 aliphatic heterocycles. The Bertz CT molecular complexity index is 1250. The third-order valence-electron chi connectivity index (χ3n) is 7.57. The number of nitrogens with zero attached hydrogens (tertiary/aromatic N) is 2. The number of rotatable bonds is 7. The molecule has 2 aliphatic rings. The number of hydrogen-bond donors (Lipinski definition) is 4. The molecule has 41 heavy (non-hydrogen) atoms. The van der Waals surface area contributed by atoms with Crippen LogP contribution in [0.3, 0.4) is 0 Å². The second-order valence-electron chi connectivity index (χ2n) is 12.3. The van der Waals surface area contributed by atoms with Crippen LogP contribution in [0.25, 0.3) is 0 Å². The molecule has 1 saturated heterocycles. The highest BCUT2D eigenvalue weighted by molar-refractivity contribution is 5.96. The van der Waals surface area contributed by atoms with E-state index in [0.717, 1.165) is 30.9 Å². The molecule has 9 nitrogen and oxygen atoms in total. The molecule has 1 aliphatic carbocycles. The Morgan fingerprint density at radius 1 is 0.951 bits per heavy atom. The molecule has 10 heteroatoms. The largest absolute Gasteiger partial charge is 0.388 e. The van der Waals surface area contributed by atoms with Crippen molar-refractivity contribution in [3.63, 3.8) is 0 Å². The zero-order chi connectivity index (χ0) is 29.6. The number of hydrogen-bond acceptors (Lipinski definition) is 5. The summed E-state index contributed by atoms with van der Waals surface area (Å²) in [5.74, 6) is -1.07. The molecule has 2 aromatic rings. The summed E-state index contributed by atoms with van der Waals surface area (Å²) in [6.45, 7) is 8.90. The zero-order valence-electron chi connectivity index (χ0n) is 24.3. The minimum Gasteiger partial charge on any atom is -0.388 e. The fourth-order valence-corrected chi connectivity index (χ4v) is 5.32. The lowest BCUT2D eigenvalue weighted by Gasteiger charge is -2.35. The van der Waals surface area contributed by atoms with Gasteiger partial charge in [-0.1, -0.05) is 31.4 Å². The minimum atomic E-state index is -0.916. The number of benzene rings is 2. The molecule has 2 aromatic carbocycles. The maximum absolute atomic E-state index is 14.8. The molecule has 1 saturated carbocycles. The van der Waals surface area contributed by atoms with Crippen molar-refractivity contribution in [2.75, 3.05) is 38.0 Å². The van der Waals surface area contributed by atoms with Gasteiger partial charge in [0.15, 0.2) is 0 Å². The molecular formula is C31H42FN5O4. The molecular weight excluding hydrogens is 525 g/mol. The number of piperazine rings is 1. The van der Waals surface area contributed by atoms with Gasteiger partial charge in [-0.05, 0) is 69.5 Å². The fourth-order valence-electron chi connectivity index (χ4n) is 5.32. The van der Waals surface area contributed by atoms with E-state index in [9.17, 15) is 23.9 Å². The zero-order valence-corrected chi connectivity index (χ0v) is 24.3. The molecule has 2 fully saturated rings. The minimum absolute atomic E-state index is 0.0297. The first kappa shape index (κ1) is 30.5. The molecule has 4 N–H and O–H groups in total. The van der Waals surface area contributed by atoms with Crippen LogP contribution in [-0.4, -0.2) is 76.6 Å². The van der Waals surface area contributed by atoms with Crippen molar-refractivity contribution in [1.82, 2.24) is 20.4 Å². The van der Waals surface area contributed by atoms with Crippen molar-refractivity contribution in [3.8, 4) is 0 Å². The summed E-state index contributed by atoms with van der Waals surface area (Å²) in [6, 6.07) is 11.0. The molecule has 0 bridgehead atoms. The summed E-state index contributed by atoms with van der Waals surface area (Å²) in [5.41, 5.74) is 0.594. The van der Waals surface area contributed by atoms with Crippen LogP contribution in [-0.2, 0) is 6.54 Å². The molecule has 0 spiro atoms. The normalized spacial score (nSPS) is 17.5. The second-order valence-corrected chi connectivity index (χ2v) is 12.3. The maximum atomic E-state index is 14.8. The van der Waals surface area contributed by atoms with E-state index in [1.807, 2.05) is 39.0 Å². The number of amides is 4. The first-order chi connectivity index (χ1) is 19.4. The molecule has 0 radical (unpaired) electrons. The lowest BCUT2D eigenvalue weighted by Crippen LogP contribution is -2.48. The average molecular weight is 568 g/mol. The maximum Gasteiger partial charge on any atom is 0.319 e. The fraction of sp³-hybridized carbons (Fsp3) is 0.516. The van der Waals surface area contributed by atoms with Gasteiger partial charge >= 0.3 is 6.03 Å². The number of nitrogens with one attached hydrogen (secondary N) is 3. The summed E-state index contributed by atoms with van der Waals surface area (Å²) >= 11 is 0. The summed E-state index contributed by atoms with van der Waals surface area (Å²) in [4.78, 5) is 41.8. The Hall–Kier alpha value is -3.50. The predicted octanol–water partition coefficient (Wildman–Crippen LogP) is 4.13. The van der Waals surface area contributed by atoms with Crippen LogP contribution in [0.15, 0.2) is 42.5 Å². The standard InChI is InChI=1S/C31H42FN5O4/c1-30(2,3)35-27(38)23-9-7-8-22(18-23)20-36-14-16-37(17-15-36)28(39)24-10-11-26(25(32)19-24)34-29(40)33-21-31(41)12-5-4-6-13-31/h7-11,18-19,41H,4-6,12-17,20-21H2,1-3H3,(H,35,38)(H2,33,34,40). The van der Waals surface area contributed by atoms with Crippen LogP contribution in [0.4, 0.5) is 14.9 Å². The van der Waals surface area contributed by atoms with Crippen LogP contribution in [0.5, 0.6) is 0 Å². The quantitative estimate of drug-likeness (QED) is 0.402. The van der Waals surface area contributed by atoms with Gasteiger partial charge in [0.25, 0.3) is 11.8 Å². The second kappa shape index (κ2) is 13.0. The highest BCUT2D eigenvalue weighted by Gasteiger charge is 2.29. The van der Waals surface area contributed by atoms with E-state index in [0.29, 0.717) is 51.1 Å². The molecule has 0 aromatic heterocycles. The van der Waals surface area contributed by atoms with Crippen LogP contribution in [0.1, 0.15) is 79.2 Å². The van der Waals surface area contributed by atoms with Crippen molar-refractivity contribution >= 4 is 23.5 Å². The van der Waals surface area contributed by atoms with E-state index in [2.05, 4.69) is 20.9 Å². The smallest absolute Gasteiger partial charge is 0.319 e. The lowest BCUT2D eigenvalue weighted by atomic mass is 9.85. The Balaban J connectivity index is 1.26. The van der Waals surface area contributed by atoms with Crippen LogP contribution in [0, 0.1) is 5.82 Å². The monoisotopic (exact) mass is 567 g/mol. The first-order valence-corrected chi connectivity index (χ1v) is 14.4. The third-order valence-corrected chi connectivity index (χ3v) is 7.57. The van der Waals surface area contributed by atoms with Crippen molar-refractivity contribution in [1.29, 1.82) is 0 Å². The van der Waals surface area contributed by atoms with E-state index < -0.39 is 17.4 Å². The summed E-state index contributed by atoms with van der Waals surface area (Å²) in [7, 11) is 0. The molecule has 0 atom stereocenters. The number of halogens is 1. The van der Waals surface area contributed by atoms with E-state index in [1.54, 1.807) is 11.0 Å². The molecule has 4 rings (SSSR count). The molecule has 1 heterocycles. The van der Waals surface area contributed by atoms with Crippen molar-refractivity contribution in [2.24, 2.45) is 0 Å². The van der Waals surface area contributed by atoms with Crippen molar-refractivity contribution in [3.05, 3.63) is 65.0 Å². The number of aliphatic hydroxyl groups is 1. The Kier molecular flexibility index (Phi) is 9.65. The van der Waals surface area contributed by atoms with Gasteiger partial charge in [-0.25, -0.2) is 9.18 Å². The summed E-state index contributed by atoms with van der Waals surface area (Å²) in [5, 5.41) is 18.6. The van der Waals surface area contributed by atoms with Crippen molar-refractivity contribution in [2.45, 2.75) is 70.6 Å². The van der Waals surface area contributed by atoms with Crippen LogP contribution >= 0.6 is 0 Å². The predicted molar refractivity (Wildman–Crippen MR) is 156 cm³/mol. The van der Waals surface area contributed by atoms with Crippen LogP contribution < -0.4 is 16.0 Å². The van der Waals surface area contributed by atoms with E-state index in [-0.39, 0.29) is 35.1 Å². The van der Waals surface area contributed by atoms with E-state index >= 15 is 0 Å². The average Bonchev–Trinajstić information content (AvgIpc) is 2.93. The Morgan fingerprint density at radius 2 is 1.66 bits per heavy atom. The van der Waals surface area contributed by atoms with Gasteiger partial charge < -0.3 is 26.0 Å². The number of carbonyl (C=O) groups is 3. The third kappa shape index (κ3) is 8.74. The van der Waals surface area contributed by atoms with E-state index in [4.69, 9.17) is 0 Å². The first-order valence-electron chi connectivity index (χ1n) is 14.4. The molecule has 0 unspecified atom stereocenters. The van der Waals surface area contributed by atoms with Gasteiger partial charge in [-0.3, -0.25) is 14.5 Å². The number of urea groups is 1. The van der Waals surface area contributed by atoms with Gasteiger partial charge in [0.05, 0.1) is 11.3 Å². The Morgan fingerprint density at radius 3 is 2.32 bits per heavy atom. The molecule has 4 amide bonds. The SMILES string of the molecule is CC(C)(C)NC(=O)c1cccc(CN2CCN(C(=O)c3ccc(NC(=O)NCC4(O)CCCCC4)c(F)c3)CC2)c1.